The van der Waals surface area contributed by atoms with Crippen LogP contribution in [0.3, 0.4) is 0 Å². The largest absolute Gasteiger partial charge is 0.483 e. The fourth-order valence-electron chi connectivity index (χ4n) is 4.42. The lowest BCUT2D eigenvalue weighted by Gasteiger charge is -2.41. The summed E-state index contributed by atoms with van der Waals surface area (Å²) < 4.78 is 44.4. The van der Waals surface area contributed by atoms with Gasteiger partial charge in [-0.25, -0.2) is 13.1 Å². The number of para-hydroxylation sites is 1. The summed E-state index contributed by atoms with van der Waals surface area (Å²) in [5, 5.41) is 0. The number of nitrogens with one attached hydrogen (secondary N) is 1. The summed E-state index contributed by atoms with van der Waals surface area (Å²) in [5.74, 6) is 0.491. The molecule has 0 radical (unpaired) electrons. The molecule has 1 amide bonds. The van der Waals surface area contributed by atoms with Crippen molar-refractivity contribution in [1.29, 1.82) is 0 Å². The van der Waals surface area contributed by atoms with E-state index in [2.05, 4.69) is 4.72 Å². The summed E-state index contributed by atoms with van der Waals surface area (Å²) in [4.78, 5) is 14.7. The number of carbonyl (C=O) groups excluding carboxylic acids is 1. The van der Waals surface area contributed by atoms with Gasteiger partial charge in [-0.3, -0.25) is 4.79 Å². The molecular formula is C20H28N2O6S. The van der Waals surface area contributed by atoms with E-state index in [1.165, 1.54) is 0 Å². The molecule has 5 rings (SSSR count). The smallest absolute Gasteiger partial charge is 0.260 e. The van der Waals surface area contributed by atoms with E-state index in [1.807, 2.05) is 24.3 Å². The number of nitrogens with zero attached hydrogens (tertiary/aromatic N) is 1. The topological polar surface area (TPSA) is 94.2 Å². The second-order valence-electron chi connectivity index (χ2n) is 7.97. The molecule has 29 heavy (non-hydrogen) atoms. The molecule has 0 aliphatic carbocycles. The maximum Gasteiger partial charge on any atom is 0.260 e. The van der Waals surface area contributed by atoms with Crippen LogP contribution in [0, 0.1) is 0 Å². The van der Waals surface area contributed by atoms with Crippen molar-refractivity contribution in [3.05, 3.63) is 29.8 Å². The second kappa shape index (κ2) is 8.59. The first kappa shape index (κ1) is 20.6. The van der Waals surface area contributed by atoms with Gasteiger partial charge in [0.25, 0.3) is 5.91 Å². The first-order valence-corrected chi connectivity index (χ1v) is 12.0. The molecule has 4 aliphatic heterocycles. The zero-order chi connectivity index (χ0) is 20.4. The molecule has 1 N–H and O–H groups in total. The Morgan fingerprint density at radius 2 is 1.93 bits per heavy atom. The highest BCUT2D eigenvalue weighted by molar-refractivity contribution is 7.88. The van der Waals surface area contributed by atoms with Crippen LogP contribution in [0.4, 0.5) is 0 Å². The van der Waals surface area contributed by atoms with Gasteiger partial charge in [0.2, 0.25) is 10.0 Å². The van der Waals surface area contributed by atoms with E-state index in [9.17, 15) is 13.2 Å². The number of hydrogen-bond donors (Lipinski definition) is 1. The number of ether oxygens (including phenoxy) is 3. The summed E-state index contributed by atoms with van der Waals surface area (Å²) in [6.07, 6.45) is 4.02. The van der Waals surface area contributed by atoms with Crippen molar-refractivity contribution in [1.82, 2.24) is 9.62 Å². The van der Waals surface area contributed by atoms with Crippen LogP contribution >= 0.6 is 0 Å². The van der Waals surface area contributed by atoms with Crippen molar-refractivity contribution in [2.24, 2.45) is 0 Å². The summed E-state index contributed by atoms with van der Waals surface area (Å²) in [6.45, 7) is 1.19. The predicted molar refractivity (Wildman–Crippen MR) is 106 cm³/mol. The maximum atomic E-state index is 13.0. The quantitative estimate of drug-likeness (QED) is 0.767. The summed E-state index contributed by atoms with van der Waals surface area (Å²) in [7, 11) is -3.40. The van der Waals surface area contributed by atoms with Crippen molar-refractivity contribution in [3.63, 3.8) is 0 Å². The van der Waals surface area contributed by atoms with E-state index < -0.39 is 10.0 Å². The molecule has 1 aromatic rings. The lowest BCUT2D eigenvalue weighted by molar-refractivity contribution is -0.142. The van der Waals surface area contributed by atoms with Crippen molar-refractivity contribution >= 4 is 15.9 Å². The van der Waals surface area contributed by atoms with Crippen LogP contribution in [0.15, 0.2) is 24.3 Å². The van der Waals surface area contributed by atoms with Gasteiger partial charge < -0.3 is 19.1 Å². The van der Waals surface area contributed by atoms with Gasteiger partial charge >= 0.3 is 0 Å². The SMILES string of the molecule is CS(=O)(=O)N[C@H]1CCCN2C(=O)COc3ccccc3C3CC[C@@H](CO3)OCC12. The van der Waals surface area contributed by atoms with Gasteiger partial charge in [-0.1, -0.05) is 18.2 Å². The third kappa shape index (κ3) is 4.91. The standard InChI is InChI=1S/C20H28N2O6S/c1-29(24,25)21-16-6-4-10-22-17(16)12-26-14-8-9-19(27-11-14)15-5-2-3-7-18(15)28-13-20(22)23/h2-3,5,7,14,16-17,19,21H,4,6,8-13H2,1H3/t14-,16-,17?,19?/m0/s1. The first-order valence-electron chi connectivity index (χ1n) is 10.1. The number of amides is 1. The van der Waals surface area contributed by atoms with Crippen molar-refractivity contribution in [2.45, 2.75) is 50.0 Å². The van der Waals surface area contributed by atoms with Crippen LogP contribution in [0.1, 0.15) is 37.4 Å². The van der Waals surface area contributed by atoms with E-state index in [0.717, 1.165) is 31.1 Å². The van der Waals surface area contributed by atoms with Crippen molar-refractivity contribution < 1.29 is 27.4 Å². The lowest BCUT2D eigenvalue weighted by Crippen LogP contribution is -2.59. The average Bonchev–Trinajstić information content (AvgIpc) is 2.71. The maximum absolute atomic E-state index is 13.0. The van der Waals surface area contributed by atoms with Gasteiger partial charge in [-0.15, -0.1) is 0 Å². The third-order valence-corrected chi connectivity index (χ3v) is 6.55. The zero-order valence-corrected chi connectivity index (χ0v) is 17.4. The molecule has 8 nitrogen and oxygen atoms in total. The molecule has 4 atom stereocenters. The Labute approximate surface area is 171 Å². The highest BCUT2D eigenvalue weighted by atomic mass is 32.2. The van der Waals surface area contributed by atoms with Crippen LogP contribution in [0.5, 0.6) is 5.75 Å². The van der Waals surface area contributed by atoms with E-state index in [1.54, 1.807) is 4.90 Å². The van der Waals surface area contributed by atoms with E-state index in [0.29, 0.717) is 25.3 Å². The highest BCUT2D eigenvalue weighted by Gasteiger charge is 2.37. The zero-order valence-electron chi connectivity index (χ0n) is 16.6. The minimum atomic E-state index is -3.40. The molecule has 2 saturated heterocycles. The number of sulfonamides is 1. The van der Waals surface area contributed by atoms with Crippen molar-refractivity contribution in [3.8, 4) is 5.75 Å². The van der Waals surface area contributed by atoms with E-state index in [4.69, 9.17) is 14.2 Å². The number of piperidine rings is 1. The van der Waals surface area contributed by atoms with Gasteiger partial charge in [0.1, 0.15) is 5.75 Å². The molecule has 1 aromatic carbocycles. The Morgan fingerprint density at radius 3 is 2.69 bits per heavy atom. The molecule has 4 heterocycles. The Kier molecular flexibility index (Phi) is 6.10. The molecule has 2 fully saturated rings. The Bertz CT molecular complexity index is 837. The molecule has 0 aromatic heterocycles. The number of hydrogen-bond acceptors (Lipinski definition) is 6. The van der Waals surface area contributed by atoms with Gasteiger partial charge in [-0.05, 0) is 31.7 Å². The first-order chi connectivity index (χ1) is 13.9. The van der Waals surface area contributed by atoms with Gasteiger partial charge in [0.15, 0.2) is 6.61 Å². The molecule has 2 unspecified atom stereocenters. The predicted octanol–water partition coefficient (Wildman–Crippen LogP) is 1.22. The summed E-state index contributed by atoms with van der Waals surface area (Å²) >= 11 is 0. The van der Waals surface area contributed by atoms with Gasteiger partial charge in [-0.2, -0.15) is 0 Å². The lowest BCUT2D eigenvalue weighted by atomic mass is 9.97. The van der Waals surface area contributed by atoms with E-state index in [-0.39, 0.29) is 43.4 Å². The molecule has 2 bridgehead atoms. The summed E-state index contributed by atoms with van der Waals surface area (Å²) in [5.41, 5.74) is 0.949. The van der Waals surface area contributed by atoms with E-state index >= 15 is 0 Å². The molecule has 4 aliphatic rings. The van der Waals surface area contributed by atoms with Crippen LogP contribution < -0.4 is 9.46 Å². The molecule has 9 heteroatoms. The normalized spacial score (nSPS) is 30.9. The van der Waals surface area contributed by atoms with Gasteiger partial charge in [0, 0.05) is 18.2 Å². The van der Waals surface area contributed by atoms with Crippen LogP contribution in [0.25, 0.3) is 0 Å². The number of rotatable bonds is 2. The number of benzene rings is 1. The Morgan fingerprint density at radius 1 is 1.10 bits per heavy atom. The summed E-state index contributed by atoms with van der Waals surface area (Å²) in [6, 6.07) is 6.90. The van der Waals surface area contributed by atoms with Crippen LogP contribution in [-0.2, 0) is 24.3 Å². The molecule has 160 valence electrons. The second-order valence-corrected chi connectivity index (χ2v) is 9.75. The minimum Gasteiger partial charge on any atom is -0.483 e. The Balaban J connectivity index is 1.61. The van der Waals surface area contributed by atoms with Crippen LogP contribution in [0.2, 0.25) is 0 Å². The minimum absolute atomic E-state index is 0.0714. The van der Waals surface area contributed by atoms with Crippen LogP contribution in [-0.4, -0.2) is 70.0 Å². The molecular weight excluding hydrogens is 396 g/mol. The monoisotopic (exact) mass is 424 g/mol. The molecule has 0 spiro atoms. The number of fused-ring (bicyclic) bond motifs is 5. The number of carbonyl (C=O) groups is 1. The third-order valence-electron chi connectivity index (χ3n) is 5.82. The fraction of sp³-hybridized carbons (Fsp3) is 0.650. The van der Waals surface area contributed by atoms with Crippen molar-refractivity contribution in [2.75, 3.05) is 32.6 Å². The Hall–Kier alpha value is -1.68. The average molecular weight is 425 g/mol. The fourth-order valence-corrected chi connectivity index (χ4v) is 5.25. The van der Waals surface area contributed by atoms with Gasteiger partial charge in [0.05, 0.1) is 37.7 Å². The highest BCUT2D eigenvalue weighted by Crippen LogP contribution is 2.35. The molecule has 0 saturated carbocycles.